The minimum absolute atomic E-state index is 0.0537. The predicted molar refractivity (Wildman–Crippen MR) is 132 cm³/mol. The number of benzene rings is 1. The first-order chi connectivity index (χ1) is 15.9. The minimum Gasteiger partial charge on any atom is -0.376 e. The van der Waals surface area contributed by atoms with Crippen molar-refractivity contribution in [2.75, 3.05) is 6.61 Å². The van der Waals surface area contributed by atoms with Gasteiger partial charge in [0.25, 0.3) is 5.56 Å². The molecule has 1 aliphatic rings. The zero-order chi connectivity index (χ0) is 23.1. The number of Topliss-reactive ketones (excluding diaryl/α,β-unsaturated/α-hetero) is 1. The molecule has 170 valence electrons. The second kappa shape index (κ2) is 8.89. The van der Waals surface area contributed by atoms with Gasteiger partial charge in [0.15, 0.2) is 5.78 Å². The average Bonchev–Trinajstić information content (AvgIpc) is 3.53. The zero-order valence-corrected chi connectivity index (χ0v) is 20.1. The maximum Gasteiger partial charge on any atom is 0.263 e. The highest BCUT2D eigenvalue weighted by Gasteiger charge is 2.22. The van der Waals surface area contributed by atoms with Crippen LogP contribution in [0.15, 0.2) is 46.8 Å². The SMILES string of the molecule is Cc1cc(C(=O)Cn2cnc3scc(-c4ccc(Cl)cc4)c3c2=O)c(C)n1CC1CCCO1. The molecule has 4 heterocycles. The Bertz CT molecular complexity index is 1400. The number of aryl methyl sites for hydroxylation is 1. The van der Waals surface area contributed by atoms with Crippen LogP contribution in [0.1, 0.15) is 34.6 Å². The number of nitrogens with zero attached hydrogens (tertiary/aromatic N) is 3. The van der Waals surface area contributed by atoms with Crippen LogP contribution in [0.25, 0.3) is 21.3 Å². The normalized spacial score (nSPS) is 16.0. The van der Waals surface area contributed by atoms with Crippen LogP contribution < -0.4 is 5.56 Å². The van der Waals surface area contributed by atoms with E-state index >= 15 is 0 Å². The van der Waals surface area contributed by atoms with Crippen molar-refractivity contribution < 1.29 is 9.53 Å². The number of hydrogen-bond acceptors (Lipinski definition) is 5. The Labute approximate surface area is 200 Å². The van der Waals surface area contributed by atoms with Gasteiger partial charge in [0.05, 0.1) is 24.4 Å². The van der Waals surface area contributed by atoms with Crippen molar-refractivity contribution in [3.8, 4) is 11.1 Å². The van der Waals surface area contributed by atoms with Crippen LogP contribution >= 0.6 is 22.9 Å². The standard InChI is InChI=1S/C25H24ClN3O3S/c1-15-10-20(16(2)29(15)11-19-4-3-9-32-19)22(30)12-28-14-27-24-23(25(28)31)21(13-33-24)17-5-7-18(26)8-6-17/h5-8,10,13-14,19H,3-4,9,11-12H2,1-2H3. The molecule has 0 saturated carbocycles. The number of ketones is 1. The summed E-state index contributed by atoms with van der Waals surface area (Å²) in [6.45, 7) is 5.45. The lowest BCUT2D eigenvalue weighted by atomic mass is 10.1. The first-order valence-corrected chi connectivity index (χ1v) is 12.2. The number of aromatic nitrogens is 3. The highest BCUT2D eigenvalue weighted by atomic mass is 35.5. The largest absolute Gasteiger partial charge is 0.376 e. The van der Waals surface area contributed by atoms with Crippen molar-refractivity contribution in [3.63, 3.8) is 0 Å². The molecule has 4 aromatic rings. The molecular formula is C25H24ClN3O3S. The summed E-state index contributed by atoms with van der Waals surface area (Å²) in [7, 11) is 0. The van der Waals surface area contributed by atoms with Crippen molar-refractivity contribution in [2.45, 2.75) is 45.9 Å². The number of carbonyl (C=O) groups excluding carboxylic acids is 1. The van der Waals surface area contributed by atoms with E-state index in [-0.39, 0.29) is 24.0 Å². The van der Waals surface area contributed by atoms with Crippen LogP contribution in [0.5, 0.6) is 0 Å². The van der Waals surface area contributed by atoms with Crippen LogP contribution in [0.3, 0.4) is 0 Å². The van der Waals surface area contributed by atoms with Crippen LogP contribution in [0.2, 0.25) is 5.02 Å². The number of ether oxygens (including phenoxy) is 1. The highest BCUT2D eigenvalue weighted by Crippen LogP contribution is 2.31. The van der Waals surface area contributed by atoms with E-state index in [4.69, 9.17) is 16.3 Å². The molecule has 0 amide bonds. The number of carbonyl (C=O) groups is 1. The molecule has 3 aromatic heterocycles. The molecule has 1 aromatic carbocycles. The summed E-state index contributed by atoms with van der Waals surface area (Å²) in [6.07, 6.45) is 3.78. The smallest absolute Gasteiger partial charge is 0.263 e. The van der Waals surface area contributed by atoms with E-state index in [0.29, 0.717) is 20.8 Å². The van der Waals surface area contributed by atoms with Gasteiger partial charge in [-0.15, -0.1) is 11.3 Å². The molecular weight excluding hydrogens is 458 g/mol. The van der Waals surface area contributed by atoms with Crippen molar-refractivity contribution >= 4 is 38.9 Å². The molecule has 6 nitrogen and oxygen atoms in total. The molecule has 1 atom stereocenters. The Balaban J connectivity index is 1.45. The van der Waals surface area contributed by atoms with Crippen LogP contribution in [0, 0.1) is 13.8 Å². The number of hydrogen-bond donors (Lipinski definition) is 0. The molecule has 1 unspecified atom stereocenters. The molecule has 1 saturated heterocycles. The number of thiophene rings is 1. The monoisotopic (exact) mass is 481 g/mol. The molecule has 0 N–H and O–H groups in total. The van der Waals surface area contributed by atoms with Gasteiger partial charge in [-0.05, 0) is 50.5 Å². The fraction of sp³-hybridized carbons (Fsp3) is 0.320. The number of rotatable bonds is 6. The molecule has 33 heavy (non-hydrogen) atoms. The maximum atomic E-state index is 13.3. The van der Waals surface area contributed by atoms with Crippen LogP contribution in [-0.4, -0.2) is 32.6 Å². The molecule has 8 heteroatoms. The number of halogens is 1. The van der Waals surface area contributed by atoms with Gasteiger partial charge < -0.3 is 9.30 Å². The predicted octanol–water partition coefficient (Wildman–Crippen LogP) is 5.26. The quantitative estimate of drug-likeness (QED) is 0.352. The highest BCUT2D eigenvalue weighted by molar-refractivity contribution is 7.17. The van der Waals surface area contributed by atoms with Crippen molar-refractivity contribution in [1.82, 2.24) is 14.1 Å². The molecule has 0 aliphatic carbocycles. The third-order valence-electron chi connectivity index (χ3n) is 6.31. The average molecular weight is 482 g/mol. The van der Waals surface area contributed by atoms with Gasteiger partial charge in [-0.25, -0.2) is 4.98 Å². The van der Waals surface area contributed by atoms with E-state index in [9.17, 15) is 9.59 Å². The molecule has 1 fully saturated rings. The summed E-state index contributed by atoms with van der Waals surface area (Å²) in [5, 5.41) is 3.09. The van der Waals surface area contributed by atoms with E-state index in [1.165, 1.54) is 22.2 Å². The van der Waals surface area contributed by atoms with Gasteiger partial charge in [-0.3, -0.25) is 14.2 Å². The third kappa shape index (κ3) is 4.16. The van der Waals surface area contributed by atoms with E-state index in [1.807, 2.05) is 37.4 Å². The van der Waals surface area contributed by atoms with Crippen molar-refractivity contribution in [1.29, 1.82) is 0 Å². The first kappa shape index (κ1) is 22.1. The van der Waals surface area contributed by atoms with E-state index in [1.54, 1.807) is 12.1 Å². The van der Waals surface area contributed by atoms with Gasteiger partial charge in [0, 0.05) is 46.1 Å². The molecule has 0 spiro atoms. The summed E-state index contributed by atoms with van der Waals surface area (Å²) in [6, 6.07) is 9.27. The lowest BCUT2D eigenvalue weighted by Gasteiger charge is -2.14. The second-order valence-electron chi connectivity index (χ2n) is 8.47. The number of fused-ring (bicyclic) bond motifs is 1. The van der Waals surface area contributed by atoms with E-state index < -0.39 is 0 Å². The maximum absolute atomic E-state index is 13.3. The summed E-state index contributed by atoms with van der Waals surface area (Å²) in [4.78, 5) is 31.7. The summed E-state index contributed by atoms with van der Waals surface area (Å²) < 4.78 is 9.32. The molecule has 5 rings (SSSR count). The van der Waals surface area contributed by atoms with Gasteiger partial charge in [-0.2, -0.15) is 0 Å². The van der Waals surface area contributed by atoms with E-state index in [0.717, 1.165) is 48.5 Å². The van der Waals surface area contributed by atoms with Gasteiger partial charge >= 0.3 is 0 Å². The summed E-state index contributed by atoms with van der Waals surface area (Å²) >= 11 is 7.43. The molecule has 1 aliphatic heterocycles. The van der Waals surface area contributed by atoms with Crippen LogP contribution in [0.4, 0.5) is 0 Å². The molecule has 0 radical (unpaired) electrons. The Hall–Kier alpha value is -2.74. The fourth-order valence-electron chi connectivity index (χ4n) is 4.52. The Morgan fingerprint density at radius 2 is 2.06 bits per heavy atom. The third-order valence-corrected chi connectivity index (χ3v) is 7.45. The second-order valence-corrected chi connectivity index (χ2v) is 9.76. The fourth-order valence-corrected chi connectivity index (χ4v) is 5.55. The molecule has 0 bridgehead atoms. The summed E-state index contributed by atoms with van der Waals surface area (Å²) in [5.74, 6) is -0.104. The zero-order valence-electron chi connectivity index (χ0n) is 18.5. The Morgan fingerprint density at radius 1 is 1.27 bits per heavy atom. The van der Waals surface area contributed by atoms with Gasteiger partial charge in [-0.1, -0.05) is 23.7 Å². The summed E-state index contributed by atoms with van der Waals surface area (Å²) in [5.41, 5.74) is 4.06. The van der Waals surface area contributed by atoms with Gasteiger partial charge in [0.1, 0.15) is 4.83 Å². The lowest BCUT2D eigenvalue weighted by molar-refractivity contribution is 0.0948. The van der Waals surface area contributed by atoms with Crippen LogP contribution in [-0.2, 0) is 17.8 Å². The van der Waals surface area contributed by atoms with E-state index in [2.05, 4.69) is 9.55 Å². The van der Waals surface area contributed by atoms with Gasteiger partial charge in [0.2, 0.25) is 0 Å². The Kier molecular flexibility index (Phi) is 5.95. The minimum atomic E-state index is -0.215. The Morgan fingerprint density at radius 3 is 2.79 bits per heavy atom. The topological polar surface area (TPSA) is 66.1 Å². The first-order valence-electron chi connectivity index (χ1n) is 11.0. The van der Waals surface area contributed by atoms with Crippen molar-refractivity contribution in [2.24, 2.45) is 0 Å². The van der Waals surface area contributed by atoms with Crippen molar-refractivity contribution in [3.05, 3.63) is 74.4 Å². The lowest BCUT2D eigenvalue weighted by Crippen LogP contribution is -2.25.